The molecule has 0 atom stereocenters. The van der Waals surface area contributed by atoms with Crippen LogP contribution in [0.4, 0.5) is 0 Å². The second-order valence-electron chi connectivity index (χ2n) is 6.74. The number of ether oxygens (including phenoxy) is 2. The third-order valence-electron chi connectivity index (χ3n) is 4.88. The molecule has 152 valence electrons. The lowest BCUT2D eigenvalue weighted by molar-refractivity contribution is -0.903. The molecule has 1 aliphatic heterocycles. The van der Waals surface area contributed by atoms with Gasteiger partial charge in [-0.1, -0.05) is 11.6 Å². The van der Waals surface area contributed by atoms with Crippen LogP contribution in [0.15, 0.2) is 53.4 Å². The normalized spacial score (nSPS) is 16.1. The zero-order valence-electron chi connectivity index (χ0n) is 15.9. The number of benzene rings is 2. The molecule has 1 aliphatic rings. The van der Waals surface area contributed by atoms with Crippen LogP contribution in [0.2, 0.25) is 5.02 Å². The minimum atomic E-state index is -3.44. The van der Waals surface area contributed by atoms with Gasteiger partial charge < -0.3 is 14.4 Å². The summed E-state index contributed by atoms with van der Waals surface area (Å²) in [6.45, 7) is 4.26. The highest BCUT2D eigenvalue weighted by Gasteiger charge is 2.30. The quantitative estimate of drug-likeness (QED) is 0.654. The second kappa shape index (κ2) is 9.60. The molecule has 0 bridgehead atoms. The van der Waals surface area contributed by atoms with Crippen molar-refractivity contribution in [2.75, 3.05) is 46.4 Å². The average molecular weight is 426 g/mol. The second-order valence-corrected chi connectivity index (χ2v) is 9.11. The van der Waals surface area contributed by atoms with Gasteiger partial charge >= 0.3 is 0 Å². The zero-order chi connectivity index (χ0) is 20.0. The Balaban J connectivity index is 1.40. The van der Waals surface area contributed by atoms with Gasteiger partial charge in [-0.15, -0.1) is 0 Å². The van der Waals surface area contributed by atoms with Crippen molar-refractivity contribution in [2.45, 2.75) is 11.3 Å². The van der Waals surface area contributed by atoms with E-state index in [1.165, 1.54) is 4.90 Å². The van der Waals surface area contributed by atoms with Gasteiger partial charge in [0.2, 0.25) is 10.0 Å². The van der Waals surface area contributed by atoms with E-state index in [1.54, 1.807) is 35.7 Å². The van der Waals surface area contributed by atoms with E-state index in [0.29, 0.717) is 29.6 Å². The first-order valence-electron chi connectivity index (χ1n) is 9.35. The molecule has 2 aromatic rings. The van der Waals surface area contributed by atoms with Crippen LogP contribution in [-0.2, 0) is 10.0 Å². The van der Waals surface area contributed by atoms with Crippen LogP contribution in [0.25, 0.3) is 0 Å². The molecule has 0 saturated carbocycles. The van der Waals surface area contributed by atoms with E-state index < -0.39 is 10.0 Å². The fourth-order valence-electron chi connectivity index (χ4n) is 3.23. The third-order valence-corrected chi connectivity index (χ3v) is 7.05. The number of rotatable bonds is 8. The number of methoxy groups -OCH3 is 1. The van der Waals surface area contributed by atoms with Crippen LogP contribution in [0, 0.1) is 0 Å². The van der Waals surface area contributed by atoms with E-state index in [-0.39, 0.29) is 0 Å². The van der Waals surface area contributed by atoms with Crippen molar-refractivity contribution in [1.82, 2.24) is 4.31 Å². The van der Waals surface area contributed by atoms with Crippen molar-refractivity contribution >= 4 is 21.6 Å². The number of hydrogen-bond donors (Lipinski definition) is 1. The lowest BCUT2D eigenvalue weighted by atomic mass is 10.3. The molecule has 0 unspecified atom stereocenters. The molecule has 6 nitrogen and oxygen atoms in total. The summed E-state index contributed by atoms with van der Waals surface area (Å²) in [7, 11) is -1.80. The van der Waals surface area contributed by atoms with E-state index in [1.807, 2.05) is 24.3 Å². The summed E-state index contributed by atoms with van der Waals surface area (Å²) in [5.41, 5.74) is 0. The van der Waals surface area contributed by atoms with E-state index in [2.05, 4.69) is 0 Å². The molecular formula is C20H26ClN2O4S+. The van der Waals surface area contributed by atoms with Gasteiger partial charge in [0, 0.05) is 11.4 Å². The summed E-state index contributed by atoms with van der Waals surface area (Å²) in [4.78, 5) is 1.70. The fourth-order valence-corrected chi connectivity index (χ4v) is 4.80. The van der Waals surface area contributed by atoms with Crippen LogP contribution in [-0.4, -0.2) is 59.2 Å². The molecule has 1 fully saturated rings. The molecule has 1 heterocycles. The maximum absolute atomic E-state index is 12.7. The summed E-state index contributed by atoms with van der Waals surface area (Å²) in [5, 5.41) is 0.532. The van der Waals surface area contributed by atoms with Crippen molar-refractivity contribution in [3.05, 3.63) is 53.6 Å². The summed E-state index contributed by atoms with van der Waals surface area (Å²) in [6, 6.07) is 13.9. The van der Waals surface area contributed by atoms with Crippen LogP contribution >= 0.6 is 11.6 Å². The Kier molecular flexibility index (Phi) is 7.18. The number of piperazine rings is 1. The molecule has 1 saturated heterocycles. The number of nitrogens with one attached hydrogen (secondary N) is 1. The predicted molar refractivity (Wildman–Crippen MR) is 109 cm³/mol. The van der Waals surface area contributed by atoms with Gasteiger partial charge in [-0.2, -0.15) is 4.31 Å². The summed E-state index contributed by atoms with van der Waals surface area (Å²) in [6.07, 6.45) is 0.922. The Labute approximate surface area is 171 Å². The molecule has 0 amide bonds. The van der Waals surface area contributed by atoms with Crippen LogP contribution in [0.3, 0.4) is 0 Å². The number of sulfonamides is 1. The first-order valence-corrected chi connectivity index (χ1v) is 11.2. The lowest BCUT2D eigenvalue weighted by Crippen LogP contribution is -3.14. The van der Waals surface area contributed by atoms with Gasteiger partial charge in [0.15, 0.2) is 0 Å². The molecule has 28 heavy (non-hydrogen) atoms. The smallest absolute Gasteiger partial charge is 0.243 e. The number of halogens is 1. The van der Waals surface area contributed by atoms with Crippen molar-refractivity contribution < 1.29 is 22.8 Å². The molecule has 0 aromatic heterocycles. The largest absolute Gasteiger partial charge is 0.497 e. The van der Waals surface area contributed by atoms with Gasteiger partial charge in [-0.25, -0.2) is 8.42 Å². The van der Waals surface area contributed by atoms with Gasteiger partial charge in [-0.05, 0) is 48.5 Å². The van der Waals surface area contributed by atoms with Gasteiger partial charge in [0.1, 0.15) is 11.5 Å². The van der Waals surface area contributed by atoms with Crippen LogP contribution < -0.4 is 14.4 Å². The predicted octanol–water partition coefficient (Wildman–Crippen LogP) is 1.71. The lowest BCUT2D eigenvalue weighted by Gasteiger charge is -2.31. The highest BCUT2D eigenvalue weighted by molar-refractivity contribution is 7.89. The number of hydrogen-bond acceptors (Lipinski definition) is 4. The first kappa shape index (κ1) is 20.9. The monoisotopic (exact) mass is 425 g/mol. The average Bonchev–Trinajstić information content (AvgIpc) is 2.72. The van der Waals surface area contributed by atoms with E-state index >= 15 is 0 Å². The molecule has 0 spiro atoms. The highest BCUT2D eigenvalue weighted by Crippen LogP contribution is 2.19. The van der Waals surface area contributed by atoms with Gasteiger partial charge in [0.05, 0.1) is 51.3 Å². The van der Waals surface area contributed by atoms with Crippen molar-refractivity contribution in [2.24, 2.45) is 0 Å². The highest BCUT2D eigenvalue weighted by atomic mass is 35.5. The molecule has 8 heteroatoms. The number of quaternary nitrogens is 1. The molecule has 1 N–H and O–H groups in total. The Hall–Kier alpha value is -1.80. The standard InChI is InChI=1S/C20H25ClN2O4S/c1-26-18-5-7-19(8-6-18)27-16-2-11-22-12-14-23(15-13-22)28(24,25)20-9-3-17(21)4-10-20/h3-10H,2,11-16H2,1H3/p+1. The van der Waals surface area contributed by atoms with E-state index in [4.69, 9.17) is 21.1 Å². The van der Waals surface area contributed by atoms with E-state index in [0.717, 1.165) is 37.6 Å². The summed E-state index contributed by atoms with van der Waals surface area (Å²) >= 11 is 5.85. The molecule has 2 aromatic carbocycles. The topological polar surface area (TPSA) is 60.3 Å². The Bertz CT molecular complexity index is 849. The minimum Gasteiger partial charge on any atom is -0.497 e. The Morgan fingerprint density at radius 1 is 1.00 bits per heavy atom. The fraction of sp³-hybridized carbons (Fsp3) is 0.400. The summed E-state index contributed by atoms with van der Waals surface area (Å²) < 4.78 is 37.9. The maximum Gasteiger partial charge on any atom is 0.243 e. The number of nitrogens with zero attached hydrogens (tertiary/aromatic N) is 1. The van der Waals surface area contributed by atoms with E-state index in [9.17, 15) is 8.42 Å². The minimum absolute atomic E-state index is 0.299. The van der Waals surface area contributed by atoms with Crippen LogP contribution in [0.5, 0.6) is 11.5 Å². The van der Waals surface area contributed by atoms with Crippen molar-refractivity contribution in [3.8, 4) is 11.5 Å². The first-order chi connectivity index (χ1) is 13.5. The third kappa shape index (κ3) is 5.38. The summed E-state index contributed by atoms with van der Waals surface area (Å²) in [5.74, 6) is 1.64. The van der Waals surface area contributed by atoms with Crippen molar-refractivity contribution in [1.29, 1.82) is 0 Å². The zero-order valence-corrected chi connectivity index (χ0v) is 17.5. The Morgan fingerprint density at radius 3 is 2.21 bits per heavy atom. The van der Waals surface area contributed by atoms with Gasteiger partial charge in [0.25, 0.3) is 0 Å². The van der Waals surface area contributed by atoms with Crippen LogP contribution in [0.1, 0.15) is 6.42 Å². The van der Waals surface area contributed by atoms with Crippen molar-refractivity contribution in [3.63, 3.8) is 0 Å². The molecular weight excluding hydrogens is 400 g/mol. The Morgan fingerprint density at radius 2 is 1.61 bits per heavy atom. The maximum atomic E-state index is 12.7. The van der Waals surface area contributed by atoms with Gasteiger partial charge in [-0.3, -0.25) is 0 Å². The molecule has 0 radical (unpaired) electrons. The molecule has 0 aliphatic carbocycles. The SMILES string of the molecule is COc1ccc(OCCC[NH+]2CCN(S(=O)(=O)c3ccc(Cl)cc3)CC2)cc1. The molecule has 3 rings (SSSR count).